The van der Waals surface area contributed by atoms with E-state index < -0.39 is 62.9 Å². The Morgan fingerprint density at radius 2 is 1.30 bits per heavy atom. The standard InChI is InChI=1S/C17H23F5O7S/c1-10(14(2,18)19)28-12(23)15-3-6-16(7-4-15,8-5-15)13(24)29-11(17(20,21)22)9-30(25,26)27/h10-11H,3-9H2,1-2H3,(H,25,26,27). The number of hydrogen-bond donors (Lipinski definition) is 1. The van der Waals surface area contributed by atoms with Gasteiger partial charge in [0.15, 0.2) is 6.10 Å². The highest BCUT2D eigenvalue weighted by molar-refractivity contribution is 7.85. The number of fused-ring (bicyclic) bond motifs is 3. The molecule has 0 spiro atoms. The van der Waals surface area contributed by atoms with Gasteiger partial charge >= 0.3 is 18.1 Å². The molecule has 2 atom stereocenters. The van der Waals surface area contributed by atoms with Crippen LogP contribution >= 0.6 is 0 Å². The van der Waals surface area contributed by atoms with Crippen molar-refractivity contribution in [2.75, 3.05) is 5.75 Å². The molecule has 0 amide bonds. The highest BCUT2D eigenvalue weighted by Crippen LogP contribution is 2.58. The predicted octanol–water partition coefficient (Wildman–Crippen LogP) is 3.28. The lowest BCUT2D eigenvalue weighted by Crippen LogP contribution is -2.52. The summed E-state index contributed by atoms with van der Waals surface area (Å²) in [5, 5.41) is 0. The van der Waals surface area contributed by atoms with Crippen molar-refractivity contribution in [1.82, 2.24) is 0 Å². The van der Waals surface area contributed by atoms with Crippen molar-refractivity contribution >= 4 is 22.1 Å². The van der Waals surface area contributed by atoms with E-state index in [9.17, 15) is 40.0 Å². The molecule has 0 aromatic carbocycles. The van der Waals surface area contributed by atoms with Crippen molar-refractivity contribution in [3.05, 3.63) is 0 Å². The van der Waals surface area contributed by atoms with Gasteiger partial charge in [0.2, 0.25) is 6.10 Å². The molecule has 0 aromatic heterocycles. The molecule has 0 aliphatic heterocycles. The maximum atomic E-state index is 13.3. The molecule has 0 heterocycles. The number of carbonyl (C=O) groups is 2. The summed E-state index contributed by atoms with van der Waals surface area (Å²) in [5.74, 6) is -7.16. The number of rotatable bonds is 7. The van der Waals surface area contributed by atoms with Crippen LogP contribution in [0.25, 0.3) is 0 Å². The molecule has 7 nitrogen and oxygen atoms in total. The molecule has 3 rings (SSSR count). The van der Waals surface area contributed by atoms with E-state index in [4.69, 9.17) is 9.29 Å². The number of ether oxygens (including phenoxy) is 2. The van der Waals surface area contributed by atoms with Gasteiger partial charge in [0.05, 0.1) is 10.8 Å². The van der Waals surface area contributed by atoms with E-state index in [1.165, 1.54) is 0 Å². The zero-order valence-corrected chi connectivity index (χ0v) is 17.1. The summed E-state index contributed by atoms with van der Waals surface area (Å²) in [7, 11) is -5.06. The number of esters is 2. The Bertz CT molecular complexity index is 763. The molecule has 2 bridgehead atoms. The third-order valence-corrected chi connectivity index (χ3v) is 6.81. The summed E-state index contributed by atoms with van der Waals surface area (Å²) < 4.78 is 105. The largest absolute Gasteiger partial charge is 0.456 e. The van der Waals surface area contributed by atoms with Crippen molar-refractivity contribution in [2.45, 2.75) is 76.7 Å². The Morgan fingerprint density at radius 1 is 0.933 bits per heavy atom. The van der Waals surface area contributed by atoms with Gasteiger partial charge in [-0.15, -0.1) is 0 Å². The summed E-state index contributed by atoms with van der Waals surface area (Å²) >= 11 is 0. The van der Waals surface area contributed by atoms with Crippen LogP contribution in [0.2, 0.25) is 0 Å². The highest BCUT2D eigenvalue weighted by Gasteiger charge is 2.59. The third-order valence-electron chi connectivity index (χ3n) is 6.09. The Kier molecular flexibility index (Phi) is 6.51. The molecule has 0 saturated heterocycles. The lowest BCUT2D eigenvalue weighted by atomic mass is 9.53. The number of carbonyl (C=O) groups excluding carboxylic acids is 2. The average Bonchev–Trinajstić information content (AvgIpc) is 2.59. The van der Waals surface area contributed by atoms with Gasteiger partial charge in [0.25, 0.3) is 16.0 Å². The molecule has 13 heteroatoms. The van der Waals surface area contributed by atoms with Crippen LogP contribution < -0.4 is 0 Å². The van der Waals surface area contributed by atoms with E-state index >= 15 is 0 Å². The molecule has 3 fully saturated rings. The zero-order chi connectivity index (χ0) is 23.2. The molecule has 3 aliphatic carbocycles. The van der Waals surface area contributed by atoms with E-state index in [0.29, 0.717) is 6.92 Å². The second kappa shape index (κ2) is 7.88. The Hall–Kier alpha value is -1.50. The van der Waals surface area contributed by atoms with Crippen molar-refractivity contribution in [1.29, 1.82) is 0 Å². The molecule has 174 valence electrons. The monoisotopic (exact) mass is 466 g/mol. The summed E-state index contributed by atoms with van der Waals surface area (Å²) in [4.78, 5) is 24.9. The van der Waals surface area contributed by atoms with Gasteiger partial charge in [-0.2, -0.15) is 21.6 Å². The first kappa shape index (κ1) is 24.8. The molecule has 2 unspecified atom stereocenters. The third kappa shape index (κ3) is 5.40. The van der Waals surface area contributed by atoms with Crippen LogP contribution in [0.4, 0.5) is 22.0 Å². The van der Waals surface area contributed by atoms with E-state index in [0.717, 1.165) is 6.92 Å². The minimum absolute atomic E-state index is 0.0334. The van der Waals surface area contributed by atoms with Crippen molar-refractivity contribution in [3.8, 4) is 0 Å². The number of alkyl halides is 5. The first-order valence-electron chi connectivity index (χ1n) is 9.22. The fraction of sp³-hybridized carbons (Fsp3) is 0.882. The topological polar surface area (TPSA) is 107 Å². The summed E-state index contributed by atoms with van der Waals surface area (Å²) in [6.45, 7) is 1.66. The normalized spacial score (nSPS) is 29.2. The van der Waals surface area contributed by atoms with Gasteiger partial charge in [-0.25, -0.2) is 8.78 Å². The van der Waals surface area contributed by atoms with Crippen LogP contribution in [0.15, 0.2) is 0 Å². The summed E-state index contributed by atoms with van der Waals surface area (Å²) in [6.07, 6.45) is -9.88. The smallest absolute Gasteiger partial charge is 0.426 e. The second-order valence-electron chi connectivity index (χ2n) is 8.25. The van der Waals surface area contributed by atoms with Gasteiger partial charge < -0.3 is 9.47 Å². The molecule has 0 aromatic rings. The first-order chi connectivity index (χ1) is 13.4. The van der Waals surface area contributed by atoms with Crippen LogP contribution in [0.5, 0.6) is 0 Å². The predicted molar refractivity (Wildman–Crippen MR) is 91.1 cm³/mol. The quantitative estimate of drug-likeness (QED) is 0.349. The van der Waals surface area contributed by atoms with Gasteiger partial charge in [-0.3, -0.25) is 14.1 Å². The molecule has 0 radical (unpaired) electrons. The fourth-order valence-corrected chi connectivity index (χ4v) is 4.47. The van der Waals surface area contributed by atoms with Crippen molar-refractivity contribution in [2.24, 2.45) is 10.8 Å². The van der Waals surface area contributed by atoms with Crippen LogP contribution in [0, 0.1) is 10.8 Å². The van der Waals surface area contributed by atoms with Crippen molar-refractivity contribution in [3.63, 3.8) is 0 Å². The Balaban J connectivity index is 2.08. The fourth-order valence-electron chi connectivity index (χ4n) is 3.83. The summed E-state index contributed by atoms with van der Waals surface area (Å²) in [5.41, 5.74) is -2.44. The second-order valence-corrected chi connectivity index (χ2v) is 9.75. The van der Waals surface area contributed by atoms with Crippen LogP contribution in [-0.4, -0.2) is 55.0 Å². The van der Waals surface area contributed by atoms with Crippen LogP contribution in [-0.2, 0) is 29.2 Å². The molecule has 30 heavy (non-hydrogen) atoms. The van der Waals surface area contributed by atoms with Gasteiger partial charge in [0, 0.05) is 6.92 Å². The van der Waals surface area contributed by atoms with Gasteiger partial charge in [-0.05, 0) is 45.4 Å². The van der Waals surface area contributed by atoms with E-state index in [2.05, 4.69) is 4.74 Å². The lowest BCUT2D eigenvalue weighted by molar-refractivity contribution is -0.226. The summed E-state index contributed by atoms with van der Waals surface area (Å²) in [6, 6.07) is 0. The number of halogens is 5. The molecule has 3 aliphatic rings. The van der Waals surface area contributed by atoms with E-state index in [1.54, 1.807) is 0 Å². The molecular weight excluding hydrogens is 443 g/mol. The van der Waals surface area contributed by atoms with Crippen molar-refractivity contribution < 1.29 is 54.0 Å². The van der Waals surface area contributed by atoms with E-state index in [1.807, 2.05) is 0 Å². The van der Waals surface area contributed by atoms with Crippen LogP contribution in [0.3, 0.4) is 0 Å². The van der Waals surface area contributed by atoms with Crippen LogP contribution in [0.1, 0.15) is 52.4 Å². The lowest BCUT2D eigenvalue weighted by Gasteiger charge is -2.50. The SMILES string of the molecule is CC(OC(=O)C12CCC(C(=O)OC(CS(=O)(=O)O)C(F)(F)F)(CC1)CC2)C(C)(F)F. The van der Waals surface area contributed by atoms with Gasteiger partial charge in [-0.1, -0.05) is 0 Å². The Labute approximate surface area is 170 Å². The molecular formula is C17H23F5O7S. The minimum atomic E-state index is -5.21. The van der Waals surface area contributed by atoms with E-state index in [-0.39, 0.29) is 38.5 Å². The Morgan fingerprint density at radius 3 is 1.60 bits per heavy atom. The average molecular weight is 466 g/mol. The minimum Gasteiger partial charge on any atom is -0.456 e. The van der Waals surface area contributed by atoms with Gasteiger partial charge in [0.1, 0.15) is 5.75 Å². The molecule has 1 N–H and O–H groups in total. The highest BCUT2D eigenvalue weighted by atomic mass is 32.2. The first-order valence-corrected chi connectivity index (χ1v) is 10.8. The maximum Gasteiger partial charge on any atom is 0.426 e. The number of hydrogen-bond acceptors (Lipinski definition) is 6. The molecule has 3 saturated carbocycles. The maximum absolute atomic E-state index is 13.3. The zero-order valence-electron chi connectivity index (χ0n) is 16.3.